The van der Waals surface area contributed by atoms with Gasteiger partial charge in [-0.2, -0.15) is 4.98 Å². The molecule has 0 N–H and O–H groups in total. The van der Waals surface area contributed by atoms with E-state index in [0.717, 1.165) is 22.8 Å². The molecule has 0 spiro atoms. The molecule has 0 aliphatic rings. The highest BCUT2D eigenvalue weighted by Gasteiger charge is 2.10. The van der Waals surface area contributed by atoms with Crippen molar-refractivity contribution < 1.29 is 4.74 Å². The molecular weight excluding hydrogens is 250 g/mol. The molecule has 0 bridgehead atoms. The van der Waals surface area contributed by atoms with Gasteiger partial charge in [0.25, 0.3) is 0 Å². The van der Waals surface area contributed by atoms with Crippen LogP contribution in [0.3, 0.4) is 0 Å². The van der Waals surface area contributed by atoms with E-state index >= 15 is 0 Å². The quantitative estimate of drug-likeness (QED) is 0.797. The number of hydrogen-bond donors (Lipinski definition) is 0. The molecule has 0 saturated carbocycles. The Kier molecular flexibility index (Phi) is 3.67. The number of benzene rings is 1. The molecule has 1 heterocycles. The smallest absolute Gasteiger partial charge is 0.224 e. The zero-order valence-electron chi connectivity index (χ0n) is 10.5. The van der Waals surface area contributed by atoms with E-state index in [1.165, 1.54) is 0 Å². The van der Waals surface area contributed by atoms with Gasteiger partial charge in [0.1, 0.15) is 11.6 Å². The molecule has 0 amide bonds. The Hall–Kier alpha value is -1.81. The SMILES string of the molecule is COc1ccc(N(C)c2nc(Cl)ncc2C)cc1. The average molecular weight is 264 g/mol. The molecule has 2 rings (SSSR count). The summed E-state index contributed by atoms with van der Waals surface area (Å²) in [5.74, 6) is 1.62. The first-order chi connectivity index (χ1) is 8.61. The lowest BCUT2D eigenvalue weighted by molar-refractivity contribution is 0.415. The fourth-order valence-electron chi connectivity index (χ4n) is 1.68. The average Bonchev–Trinajstić information content (AvgIpc) is 2.41. The summed E-state index contributed by atoms with van der Waals surface area (Å²) in [4.78, 5) is 10.2. The van der Waals surface area contributed by atoms with Crippen molar-refractivity contribution in [3.8, 4) is 5.75 Å². The van der Waals surface area contributed by atoms with Crippen molar-refractivity contribution in [2.24, 2.45) is 0 Å². The van der Waals surface area contributed by atoms with E-state index in [1.807, 2.05) is 43.1 Å². The summed E-state index contributed by atoms with van der Waals surface area (Å²) in [5.41, 5.74) is 1.98. The number of aromatic nitrogens is 2. The van der Waals surface area contributed by atoms with Crippen molar-refractivity contribution in [1.29, 1.82) is 0 Å². The normalized spacial score (nSPS) is 10.2. The second-order valence-electron chi connectivity index (χ2n) is 3.90. The maximum atomic E-state index is 5.83. The highest BCUT2D eigenvalue weighted by molar-refractivity contribution is 6.28. The summed E-state index contributed by atoms with van der Waals surface area (Å²) in [6.07, 6.45) is 1.71. The molecule has 0 fully saturated rings. The Balaban J connectivity index is 2.34. The molecule has 94 valence electrons. The third kappa shape index (κ3) is 2.54. The van der Waals surface area contributed by atoms with Gasteiger partial charge in [-0.1, -0.05) is 0 Å². The molecule has 4 nitrogen and oxygen atoms in total. The van der Waals surface area contributed by atoms with E-state index < -0.39 is 0 Å². The Bertz CT molecular complexity index is 542. The highest BCUT2D eigenvalue weighted by Crippen LogP contribution is 2.26. The number of aryl methyl sites for hydroxylation is 1. The van der Waals surface area contributed by atoms with Gasteiger partial charge in [0.15, 0.2) is 0 Å². The van der Waals surface area contributed by atoms with Crippen molar-refractivity contribution in [2.45, 2.75) is 6.92 Å². The standard InChI is InChI=1S/C13H14ClN3O/c1-9-8-15-13(14)16-12(9)17(2)10-4-6-11(18-3)7-5-10/h4-8H,1-3H3. The van der Waals surface area contributed by atoms with Gasteiger partial charge in [-0.15, -0.1) is 0 Å². The van der Waals surface area contributed by atoms with Crippen molar-refractivity contribution in [1.82, 2.24) is 9.97 Å². The van der Waals surface area contributed by atoms with Gasteiger partial charge in [0.2, 0.25) is 5.28 Å². The van der Waals surface area contributed by atoms with Gasteiger partial charge in [0, 0.05) is 24.5 Å². The lowest BCUT2D eigenvalue weighted by Crippen LogP contribution is -2.13. The van der Waals surface area contributed by atoms with E-state index in [2.05, 4.69) is 9.97 Å². The number of ether oxygens (including phenoxy) is 1. The Morgan fingerprint density at radius 2 is 1.89 bits per heavy atom. The summed E-state index contributed by atoms with van der Waals surface area (Å²) in [6.45, 7) is 1.95. The Morgan fingerprint density at radius 3 is 2.50 bits per heavy atom. The minimum absolute atomic E-state index is 0.246. The lowest BCUT2D eigenvalue weighted by atomic mass is 10.2. The van der Waals surface area contributed by atoms with Crippen molar-refractivity contribution >= 4 is 23.1 Å². The summed E-state index contributed by atoms with van der Waals surface area (Å²) in [6, 6.07) is 7.75. The number of anilines is 2. The topological polar surface area (TPSA) is 38.2 Å². The first-order valence-electron chi connectivity index (χ1n) is 5.48. The maximum Gasteiger partial charge on any atom is 0.224 e. The number of hydrogen-bond acceptors (Lipinski definition) is 4. The van der Waals surface area contributed by atoms with Crippen LogP contribution >= 0.6 is 11.6 Å². The van der Waals surface area contributed by atoms with E-state index in [9.17, 15) is 0 Å². The highest BCUT2D eigenvalue weighted by atomic mass is 35.5. The van der Waals surface area contributed by atoms with Crippen LogP contribution in [-0.2, 0) is 0 Å². The van der Waals surface area contributed by atoms with E-state index in [0.29, 0.717) is 0 Å². The predicted molar refractivity (Wildman–Crippen MR) is 72.8 cm³/mol. The number of halogens is 1. The molecule has 1 aromatic carbocycles. The number of methoxy groups -OCH3 is 1. The predicted octanol–water partition coefficient (Wildman–Crippen LogP) is 3.21. The summed E-state index contributed by atoms with van der Waals surface area (Å²) in [5, 5.41) is 0.246. The van der Waals surface area contributed by atoms with Crippen molar-refractivity contribution in [2.75, 3.05) is 19.1 Å². The van der Waals surface area contributed by atoms with E-state index in [4.69, 9.17) is 16.3 Å². The van der Waals surface area contributed by atoms with Gasteiger partial charge in [-0.3, -0.25) is 0 Å². The third-order valence-electron chi connectivity index (χ3n) is 2.69. The van der Waals surface area contributed by atoms with E-state index in [-0.39, 0.29) is 5.28 Å². The largest absolute Gasteiger partial charge is 0.497 e. The van der Waals surface area contributed by atoms with Gasteiger partial charge < -0.3 is 9.64 Å². The Morgan fingerprint density at radius 1 is 1.22 bits per heavy atom. The van der Waals surface area contributed by atoms with Gasteiger partial charge in [-0.25, -0.2) is 4.98 Å². The van der Waals surface area contributed by atoms with Crippen molar-refractivity contribution in [3.05, 3.63) is 41.3 Å². The molecule has 0 aliphatic carbocycles. The lowest BCUT2D eigenvalue weighted by Gasteiger charge is -2.20. The first kappa shape index (κ1) is 12.6. The fourth-order valence-corrected chi connectivity index (χ4v) is 1.81. The zero-order chi connectivity index (χ0) is 13.1. The number of rotatable bonds is 3. The zero-order valence-corrected chi connectivity index (χ0v) is 11.3. The molecule has 0 unspecified atom stereocenters. The van der Waals surface area contributed by atoms with Crippen LogP contribution in [-0.4, -0.2) is 24.1 Å². The van der Waals surface area contributed by atoms with Crippen LogP contribution in [0.2, 0.25) is 5.28 Å². The molecule has 0 radical (unpaired) electrons. The maximum absolute atomic E-state index is 5.83. The van der Waals surface area contributed by atoms with Gasteiger partial charge in [0.05, 0.1) is 7.11 Å². The van der Waals surface area contributed by atoms with Crippen LogP contribution in [0.4, 0.5) is 11.5 Å². The van der Waals surface area contributed by atoms with Crippen LogP contribution in [0.1, 0.15) is 5.56 Å². The molecule has 0 saturated heterocycles. The molecule has 2 aromatic rings. The second kappa shape index (κ2) is 5.23. The minimum atomic E-state index is 0.246. The van der Waals surface area contributed by atoms with Crippen LogP contribution in [0, 0.1) is 6.92 Å². The molecule has 5 heteroatoms. The molecular formula is C13H14ClN3O. The summed E-state index contributed by atoms with van der Waals surface area (Å²) < 4.78 is 5.13. The molecule has 1 aromatic heterocycles. The third-order valence-corrected chi connectivity index (χ3v) is 2.88. The van der Waals surface area contributed by atoms with E-state index in [1.54, 1.807) is 13.3 Å². The summed E-state index contributed by atoms with van der Waals surface area (Å²) >= 11 is 5.83. The number of nitrogens with zero attached hydrogens (tertiary/aromatic N) is 3. The molecule has 0 aliphatic heterocycles. The second-order valence-corrected chi connectivity index (χ2v) is 4.24. The van der Waals surface area contributed by atoms with Gasteiger partial charge >= 0.3 is 0 Å². The van der Waals surface area contributed by atoms with Crippen LogP contribution in [0.25, 0.3) is 0 Å². The first-order valence-corrected chi connectivity index (χ1v) is 5.86. The minimum Gasteiger partial charge on any atom is -0.497 e. The van der Waals surface area contributed by atoms with Crippen LogP contribution < -0.4 is 9.64 Å². The van der Waals surface area contributed by atoms with Crippen molar-refractivity contribution in [3.63, 3.8) is 0 Å². The monoisotopic (exact) mass is 263 g/mol. The fraction of sp³-hybridized carbons (Fsp3) is 0.231. The van der Waals surface area contributed by atoms with Gasteiger partial charge in [-0.05, 0) is 42.8 Å². The molecule has 18 heavy (non-hydrogen) atoms. The van der Waals surface area contributed by atoms with Crippen LogP contribution in [0.15, 0.2) is 30.5 Å². The summed E-state index contributed by atoms with van der Waals surface area (Å²) in [7, 11) is 3.58. The molecule has 0 atom stereocenters. The Labute approximate surface area is 111 Å². The van der Waals surface area contributed by atoms with Crippen LogP contribution in [0.5, 0.6) is 5.75 Å².